The van der Waals surface area contributed by atoms with Crippen molar-refractivity contribution in [3.63, 3.8) is 0 Å². The molecule has 2 unspecified atom stereocenters. The van der Waals surface area contributed by atoms with Gasteiger partial charge >= 0.3 is 0 Å². The summed E-state index contributed by atoms with van der Waals surface area (Å²) in [5.74, 6) is 0.491. The molecular formula is C13H16ClFO. The summed E-state index contributed by atoms with van der Waals surface area (Å²) >= 11 is 6.20. The zero-order chi connectivity index (χ0) is 11.5. The Morgan fingerprint density at radius 3 is 2.88 bits per heavy atom. The molecule has 0 aliphatic heterocycles. The second-order valence-corrected chi connectivity index (χ2v) is 4.91. The second-order valence-electron chi connectivity index (χ2n) is 4.34. The molecule has 0 spiro atoms. The maximum Gasteiger partial charge on any atom is 0.168 e. The highest BCUT2D eigenvalue weighted by atomic mass is 35.5. The van der Waals surface area contributed by atoms with Gasteiger partial charge in [0, 0.05) is 5.38 Å². The molecule has 1 saturated carbocycles. The highest BCUT2D eigenvalue weighted by Gasteiger charge is 2.26. The van der Waals surface area contributed by atoms with Crippen LogP contribution in [0.25, 0.3) is 0 Å². The summed E-state index contributed by atoms with van der Waals surface area (Å²) < 4.78 is 18.9. The molecule has 1 aliphatic carbocycles. The van der Waals surface area contributed by atoms with Crippen molar-refractivity contribution in [2.45, 2.75) is 31.1 Å². The number of alkyl halides is 1. The zero-order valence-electron chi connectivity index (χ0n) is 9.38. The molecule has 2 rings (SSSR count). The Kier molecular flexibility index (Phi) is 3.70. The van der Waals surface area contributed by atoms with E-state index in [9.17, 15) is 4.39 Å². The predicted molar refractivity (Wildman–Crippen MR) is 63.6 cm³/mol. The van der Waals surface area contributed by atoms with E-state index in [0.29, 0.717) is 11.7 Å². The van der Waals surface area contributed by atoms with Crippen LogP contribution in [-0.2, 0) is 6.42 Å². The van der Waals surface area contributed by atoms with Gasteiger partial charge < -0.3 is 4.74 Å². The third-order valence-electron chi connectivity index (χ3n) is 3.31. The third-order valence-corrected chi connectivity index (χ3v) is 3.89. The van der Waals surface area contributed by atoms with Crippen LogP contribution < -0.4 is 4.74 Å². The molecule has 3 heteroatoms. The first-order valence-corrected chi connectivity index (χ1v) is 6.11. The van der Waals surface area contributed by atoms with Crippen LogP contribution in [-0.4, -0.2) is 12.5 Å². The average Bonchev–Trinajstić information content (AvgIpc) is 2.68. The molecule has 1 aromatic carbocycles. The number of ether oxygens (including phenoxy) is 1. The first-order valence-electron chi connectivity index (χ1n) is 5.68. The van der Waals surface area contributed by atoms with Gasteiger partial charge in [0.25, 0.3) is 0 Å². The van der Waals surface area contributed by atoms with Gasteiger partial charge in [-0.05, 0) is 36.8 Å². The highest BCUT2D eigenvalue weighted by Crippen LogP contribution is 2.34. The molecular weight excluding hydrogens is 227 g/mol. The maximum absolute atomic E-state index is 13.9. The molecule has 0 aromatic heterocycles. The number of halogens is 2. The molecule has 1 fully saturated rings. The van der Waals surface area contributed by atoms with E-state index < -0.39 is 0 Å². The number of benzene rings is 1. The van der Waals surface area contributed by atoms with Crippen LogP contribution in [0.5, 0.6) is 5.75 Å². The Bertz CT molecular complexity index is 367. The van der Waals surface area contributed by atoms with Gasteiger partial charge in [0.2, 0.25) is 0 Å². The average molecular weight is 243 g/mol. The molecule has 1 aromatic rings. The van der Waals surface area contributed by atoms with Crippen molar-refractivity contribution in [2.75, 3.05) is 7.11 Å². The lowest BCUT2D eigenvalue weighted by Crippen LogP contribution is -2.11. The molecule has 1 nitrogen and oxygen atoms in total. The maximum atomic E-state index is 13.9. The van der Waals surface area contributed by atoms with Crippen LogP contribution in [0.3, 0.4) is 0 Å². The van der Waals surface area contributed by atoms with E-state index in [-0.39, 0.29) is 11.2 Å². The van der Waals surface area contributed by atoms with Gasteiger partial charge in [-0.2, -0.15) is 0 Å². The van der Waals surface area contributed by atoms with E-state index in [0.717, 1.165) is 31.2 Å². The largest absolute Gasteiger partial charge is 0.494 e. The van der Waals surface area contributed by atoms with Gasteiger partial charge in [0.15, 0.2) is 11.6 Å². The van der Waals surface area contributed by atoms with Crippen LogP contribution in [0.2, 0.25) is 0 Å². The molecule has 88 valence electrons. The zero-order valence-corrected chi connectivity index (χ0v) is 10.1. The summed E-state index contributed by atoms with van der Waals surface area (Å²) in [6.07, 6.45) is 4.03. The quantitative estimate of drug-likeness (QED) is 0.733. The Labute approximate surface area is 101 Å². The van der Waals surface area contributed by atoms with Crippen LogP contribution in [0, 0.1) is 11.7 Å². The van der Waals surface area contributed by atoms with Gasteiger partial charge in [-0.15, -0.1) is 11.6 Å². The van der Waals surface area contributed by atoms with Crippen LogP contribution in [0.4, 0.5) is 4.39 Å². The summed E-state index contributed by atoms with van der Waals surface area (Å²) in [6.45, 7) is 0. The van der Waals surface area contributed by atoms with Crippen molar-refractivity contribution in [1.82, 2.24) is 0 Å². The summed E-state index contributed by atoms with van der Waals surface area (Å²) in [6, 6.07) is 5.29. The van der Waals surface area contributed by atoms with Crippen LogP contribution in [0.15, 0.2) is 18.2 Å². The normalized spacial score (nSPS) is 24.7. The van der Waals surface area contributed by atoms with E-state index in [1.165, 1.54) is 7.11 Å². The van der Waals surface area contributed by atoms with Gasteiger partial charge in [0.05, 0.1) is 7.11 Å². The summed E-state index contributed by atoms with van der Waals surface area (Å²) in [7, 11) is 1.49. The molecule has 0 heterocycles. The first-order chi connectivity index (χ1) is 7.72. The Morgan fingerprint density at radius 1 is 1.44 bits per heavy atom. The molecule has 0 radical (unpaired) electrons. The van der Waals surface area contributed by atoms with Crippen LogP contribution in [0.1, 0.15) is 24.8 Å². The van der Waals surface area contributed by atoms with Crippen molar-refractivity contribution >= 4 is 11.6 Å². The molecule has 0 amide bonds. The lowest BCUT2D eigenvalue weighted by molar-refractivity contribution is 0.382. The highest BCUT2D eigenvalue weighted by molar-refractivity contribution is 6.20. The predicted octanol–water partition coefficient (Wildman–Crippen LogP) is 3.78. The van der Waals surface area contributed by atoms with Crippen molar-refractivity contribution < 1.29 is 9.13 Å². The first kappa shape index (κ1) is 11.7. The van der Waals surface area contributed by atoms with Gasteiger partial charge in [0.1, 0.15) is 0 Å². The molecule has 0 N–H and O–H groups in total. The Hall–Kier alpha value is -0.760. The van der Waals surface area contributed by atoms with E-state index >= 15 is 0 Å². The van der Waals surface area contributed by atoms with Crippen molar-refractivity contribution in [2.24, 2.45) is 5.92 Å². The Morgan fingerprint density at radius 2 is 2.25 bits per heavy atom. The number of methoxy groups -OCH3 is 1. The standard InChI is InChI=1S/C13H16ClFO/c1-16-12-7-3-5-10(13(12)15)8-9-4-2-6-11(9)14/h3,5,7,9,11H,2,4,6,8H2,1H3. The van der Waals surface area contributed by atoms with E-state index in [1.54, 1.807) is 6.07 Å². The molecule has 1 aliphatic rings. The molecule has 0 saturated heterocycles. The summed E-state index contributed by atoms with van der Waals surface area (Å²) in [5.41, 5.74) is 0.719. The monoisotopic (exact) mass is 242 g/mol. The van der Waals surface area contributed by atoms with Crippen LogP contribution >= 0.6 is 11.6 Å². The number of hydrogen-bond acceptors (Lipinski definition) is 1. The van der Waals surface area contributed by atoms with Crippen molar-refractivity contribution in [1.29, 1.82) is 0 Å². The van der Waals surface area contributed by atoms with E-state index in [4.69, 9.17) is 16.3 Å². The third kappa shape index (κ3) is 2.32. The van der Waals surface area contributed by atoms with Crippen molar-refractivity contribution in [3.8, 4) is 5.75 Å². The van der Waals surface area contributed by atoms with E-state index in [1.807, 2.05) is 12.1 Å². The fourth-order valence-corrected chi connectivity index (χ4v) is 2.74. The fourth-order valence-electron chi connectivity index (χ4n) is 2.38. The number of rotatable bonds is 3. The van der Waals surface area contributed by atoms with Gasteiger partial charge in [-0.25, -0.2) is 4.39 Å². The molecule has 0 bridgehead atoms. The lowest BCUT2D eigenvalue weighted by Gasteiger charge is -2.14. The van der Waals surface area contributed by atoms with Crippen molar-refractivity contribution in [3.05, 3.63) is 29.6 Å². The summed E-state index contributed by atoms with van der Waals surface area (Å²) in [4.78, 5) is 0. The Balaban J connectivity index is 2.14. The smallest absolute Gasteiger partial charge is 0.168 e. The van der Waals surface area contributed by atoms with Gasteiger partial charge in [-0.1, -0.05) is 18.6 Å². The number of hydrogen-bond donors (Lipinski definition) is 0. The topological polar surface area (TPSA) is 9.23 Å². The lowest BCUT2D eigenvalue weighted by atomic mass is 9.97. The minimum Gasteiger partial charge on any atom is -0.494 e. The second kappa shape index (κ2) is 5.05. The van der Waals surface area contributed by atoms with Gasteiger partial charge in [-0.3, -0.25) is 0 Å². The molecule has 16 heavy (non-hydrogen) atoms. The summed E-state index contributed by atoms with van der Waals surface area (Å²) in [5, 5.41) is 0.200. The SMILES string of the molecule is COc1cccc(CC2CCCC2Cl)c1F. The minimum absolute atomic E-state index is 0.200. The minimum atomic E-state index is -0.235. The molecule has 2 atom stereocenters. The fraction of sp³-hybridized carbons (Fsp3) is 0.538. The van der Waals surface area contributed by atoms with E-state index in [2.05, 4.69) is 0 Å².